The zero-order valence-corrected chi connectivity index (χ0v) is 16.2. The SMILES string of the molecule is CCN(C)C=Nc1cc(C)c(C(=O)Cc2cccc(C(F)(F)F)c2F)cc1C. The highest BCUT2D eigenvalue weighted by Crippen LogP contribution is 2.33. The van der Waals surface area contributed by atoms with Gasteiger partial charge in [-0.2, -0.15) is 13.2 Å². The van der Waals surface area contributed by atoms with Crippen molar-refractivity contribution in [2.45, 2.75) is 33.4 Å². The van der Waals surface area contributed by atoms with Gasteiger partial charge in [-0.05, 0) is 55.7 Å². The molecular weight excluding hydrogens is 372 g/mol. The van der Waals surface area contributed by atoms with Crippen LogP contribution in [-0.2, 0) is 12.6 Å². The van der Waals surface area contributed by atoms with Gasteiger partial charge >= 0.3 is 6.18 Å². The van der Waals surface area contributed by atoms with Crippen molar-refractivity contribution in [3.05, 3.63) is 64.0 Å². The molecule has 0 spiro atoms. The Hall–Kier alpha value is -2.70. The van der Waals surface area contributed by atoms with Crippen LogP contribution < -0.4 is 0 Å². The molecule has 0 radical (unpaired) electrons. The molecule has 3 nitrogen and oxygen atoms in total. The van der Waals surface area contributed by atoms with Gasteiger partial charge in [0, 0.05) is 25.6 Å². The van der Waals surface area contributed by atoms with E-state index in [2.05, 4.69) is 4.99 Å². The summed E-state index contributed by atoms with van der Waals surface area (Å²) in [5, 5.41) is 0. The third-order valence-electron chi connectivity index (χ3n) is 4.47. The molecule has 0 saturated carbocycles. The van der Waals surface area contributed by atoms with Crippen molar-refractivity contribution >= 4 is 17.8 Å². The van der Waals surface area contributed by atoms with Crippen LogP contribution in [0.25, 0.3) is 0 Å². The molecule has 0 aliphatic carbocycles. The van der Waals surface area contributed by atoms with E-state index in [-0.39, 0.29) is 5.56 Å². The Morgan fingerprint density at radius 1 is 1.18 bits per heavy atom. The van der Waals surface area contributed by atoms with Crippen LogP contribution in [0.2, 0.25) is 0 Å². The lowest BCUT2D eigenvalue weighted by molar-refractivity contribution is -0.140. The van der Waals surface area contributed by atoms with Crippen molar-refractivity contribution in [1.82, 2.24) is 4.90 Å². The highest BCUT2D eigenvalue weighted by atomic mass is 19.4. The van der Waals surface area contributed by atoms with Gasteiger partial charge in [0.2, 0.25) is 0 Å². The molecule has 0 saturated heterocycles. The summed E-state index contributed by atoms with van der Waals surface area (Å²) in [5.41, 5.74) is 0.782. The van der Waals surface area contributed by atoms with Gasteiger partial charge < -0.3 is 4.90 Å². The Morgan fingerprint density at radius 2 is 1.86 bits per heavy atom. The van der Waals surface area contributed by atoms with Crippen LogP contribution in [0.1, 0.15) is 39.5 Å². The maximum absolute atomic E-state index is 14.2. The average Bonchev–Trinajstić information content (AvgIpc) is 2.62. The van der Waals surface area contributed by atoms with Gasteiger partial charge in [-0.25, -0.2) is 9.38 Å². The van der Waals surface area contributed by atoms with Crippen LogP contribution in [0.15, 0.2) is 35.3 Å². The van der Waals surface area contributed by atoms with Crippen LogP contribution in [0.5, 0.6) is 0 Å². The first-order valence-corrected chi connectivity index (χ1v) is 8.78. The minimum absolute atomic E-state index is 0.274. The molecule has 150 valence electrons. The number of aliphatic imine (C=N–C) groups is 1. The number of Topliss-reactive ketones (excluding diaryl/α,β-unsaturated/α-hetero) is 1. The van der Waals surface area contributed by atoms with Crippen LogP contribution in [0, 0.1) is 19.7 Å². The Balaban J connectivity index is 2.31. The lowest BCUT2D eigenvalue weighted by Gasteiger charge is -2.13. The number of carbonyl (C=O) groups excluding carboxylic acids is 1. The average molecular weight is 394 g/mol. The Morgan fingerprint density at radius 3 is 2.46 bits per heavy atom. The summed E-state index contributed by atoms with van der Waals surface area (Å²) in [6.07, 6.45) is -3.57. The van der Waals surface area contributed by atoms with Crippen LogP contribution >= 0.6 is 0 Å². The maximum Gasteiger partial charge on any atom is 0.419 e. The Labute approximate surface area is 161 Å². The second kappa shape index (κ2) is 8.54. The van der Waals surface area contributed by atoms with Crippen LogP contribution in [0.3, 0.4) is 0 Å². The van der Waals surface area contributed by atoms with E-state index in [0.717, 1.165) is 18.2 Å². The van der Waals surface area contributed by atoms with Gasteiger partial charge in [-0.15, -0.1) is 0 Å². The van der Waals surface area contributed by atoms with Crippen molar-refractivity contribution in [3.8, 4) is 0 Å². The largest absolute Gasteiger partial charge is 0.419 e. The summed E-state index contributed by atoms with van der Waals surface area (Å²) >= 11 is 0. The Kier molecular flexibility index (Phi) is 6.59. The van der Waals surface area contributed by atoms with Crippen molar-refractivity contribution < 1.29 is 22.4 Å². The van der Waals surface area contributed by atoms with Gasteiger partial charge in [0.15, 0.2) is 5.78 Å². The molecule has 0 atom stereocenters. The topological polar surface area (TPSA) is 32.7 Å². The first kappa shape index (κ1) is 21.6. The van der Waals surface area contributed by atoms with E-state index in [0.29, 0.717) is 22.9 Å². The van der Waals surface area contributed by atoms with E-state index in [9.17, 15) is 22.4 Å². The van der Waals surface area contributed by atoms with Gasteiger partial charge in [0.1, 0.15) is 5.82 Å². The smallest absolute Gasteiger partial charge is 0.366 e. The number of hydrogen-bond acceptors (Lipinski definition) is 2. The summed E-state index contributed by atoms with van der Waals surface area (Å²) in [6.45, 7) is 6.29. The highest BCUT2D eigenvalue weighted by molar-refractivity contribution is 5.99. The summed E-state index contributed by atoms with van der Waals surface area (Å²) in [4.78, 5) is 18.9. The molecule has 7 heteroatoms. The molecule has 0 bridgehead atoms. The number of rotatable bonds is 6. The van der Waals surface area contributed by atoms with Gasteiger partial charge in [-0.1, -0.05) is 12.1 Å². The summed E-state index contributed by atoms with van der Waals surface area (Å²) in [7, 11) is 1.88. The number of benzene rings is 2. The number of alkyl halides is 3. The van der Waals surface area contributed by atoms with E-state index in [1.54, 1.807) is 32.3 Å². The first-order valence-electron chi connectivity index (χ1n) is 8.78. The number of ketones is 1. The zero-order chi connectivity index (χ0) is 21.1. The van der Waals surface area contributed by atoms with E-state index in [4.69, 9.17) is 0 Å². The van der Waals surface area contributed by atoms with Gasteiger partial charge in [-0.3, -0.25) is 4.79 Å². The number of nitrogens with zero attached hydrogens (tertiary/aromatic N) is 2. The van der Waals surface area contributed by atoms with Crippen molar-refractivity contribution in [3.63, 3.8) is 0 Å². The standard InChI is InChI=1S/C21H22F4N2O/c1-5-27(4)12-26-18-10-13(2)16(9-14(18)3)19(28)11-15-7-6-8-17(20(15)22)21(23,24)25/h6-10,12H,5,11H2,1-4H3. The van der Waals surface area contributed by atoms with E-state index < -0.39 is 29.8 Å². The third kappa shape index (κ3) is 4.97. The molecule has 28 heavy (non-hydrogen) atoms. The summed E-state index contributed by atoms with van der Waals surface area (Å²) < 4.78 is 52.8. The lowest BCUT2D eigenvalue weighted by Crippen LogP contribution is -2.14. The van der Waals surface area contributed by atoms with Gasteiger partial charge in [0.05, 0.1) is 17.6 Å². The molecule has 0 fully saturated rings. The summed E-state index contributed by atoms with van der Waals surface area (Å²) in [5.74, 6) is -1.85. The molecule has 0 aliphatic rings. The molecular formula is C21H22F4N2O. The second-order valence-electron chi connectivity index (χ2n) is 6.65. The molecule has 0 unspecified atom stereocenters. The number of carbonyl (C=O) groups is 1. The number of hydrogen-bond donors (Lipinski definition) is 0. The minimum Gasteiger partial charge on any atom is -0.366 e. The Bertz CT molecular complexity index is 904. The molecule has 0 aromatic heterocycles. The molecule has 2 aromatic carbocycles. The van der Waals surface area contributed by atoms with Crippen molar-refractivity contribution in [1.29, 1.82) is 0 Å². The third-order valence-corrected chi connectivity index (χ3v) is 4.47. The summed E-state index contributed by atoms with van der Waals surface area (Å²) in [6, 6.07) is 6.35. The quantitative estimate of drug-likeness (QED) is 0.281. The fraction of sp³-hybridized carbons (Fsp3) is 0.333. The molecule has 0 N–H and O–H groups in total. The predicted molar refractivity (Wildman–Crippen MR) is 102 cm³/mol. The monoisotopic (exact) mass is 394 g/mol. The van der Waals surface area contributed by atoms with Crippen LogP contribution in [0.4, 0.5) is 23.2 Å². The lowest BCUT2D eigenvalue weighted by atomic mass is 9.95. The molecule has 0 heterocycles. The molecule has 0 amide bonds. The first-order chi connectivity index (χ1) is 13.0. The van der Waals surface area contributed by atoms with Gasteiger partial charge in [0.25, 0.3) is 0 Å². The number of aryl methyl sites for hydroxylation is 2. The fourth-order valence-corrected chi connectivity index (χ4v) is 2.69. The number of halogens is 4. The molecule has 2 rings (SSSR count). The normalized spacial score (nSPS) is 11.9. The maximum atomic E-state index is 14.2. The predicted octanol–water partition coefficient (Wildman–Crippen LogP) is 5.50. The van der Waals surface area contributed by atoms with Crippen molar-refractivity contribution in [2.75, 3.05) is 13.6 Å². The van der Waals surface area contributed by atoms with Crippen molar-refractivity contribution in [2.24, 2.45) is 4.99 Å². The fourth-order valence-electron chi connectivity index (χ4n) is 2.69. The van der Waals surface area contributed by atoms with E-state index >= 15 is 0 Å². The van der Waals surface area contributed by atoms with Crippen LogP contribution in [-0.4, -0.2) is 30.6 Å². The second-order valence-corrected chi connectivity index (χ2v) is 6.65. The molecule has 2 aromatic rings. The molecule has 0 aliphatic heterocycles. The van der Waals surface area contributed by atoms with E-state index in [1.165, 1.54) is 6.07 Å². The minimum atomic E-state index is -4.80. The van der Waals surface area contributed by atoms with E-state index in [1.807, 2.05) is 18.9 Å². The zero-order valence-electron chi connectivity index (χ0n) is 16.2. The highest BCUT2D eigenvalue weighted by Gasteiger charge is 2.35.